The molecule has 1 atom stereocenters. The monoisotopic (exact) mass is 285 g/mol. The van der Waals surface area contributed by atoms with Crippen molar-refractivity contribution in [2.24, 2.45) is 5.92 Å². The van der Waals surface area contributed by atoms with Crippen molar-refractivity contribution in [3.05, 3.63) is 54.1 Å². The van der Waals surface area contributed by atoms with Crippen molar-refractivity contribution in [1.82, 2.24) is 14.9 Å². The van der Waals surface area contributed by atoms with Gasteiger partial charge in [-0.1, -0.05) is 45.0 Å². The van der Waals surface area contributed by atoms with Gasteiger partial charge in [-0.2, -0.15) is 0 Å². The highest BCUT2D eigenvalue weighted by Crippen LogP contribution is 2.18. The topological polar surface area (TPSA) is 29.9 Å². The molecule has 0 radical (unpaired) electrons. The molecule has 3 heteroatoms. The fraction of sp³-hybridized carbons (Fsp3) is 0.500. The molecule has 0 aliphatic heterocycles. The summed E-state index contributed by atoms with van der Waals surface area (Å²) >= 11 is 0. The highest BCUT2D eigenvalue weighted by atomic mass is 15.1. The molecule has 0 fully saturated rings. The van der Waals surface area contributed by atoms with Crippen LogP contribution in [-0.4, -0.2) is 16.1 Å². The third-order valence-electron chi connectivity index (χ3n) is 3.62. The molecular weight excluding hydrogens is 258 g/mol. The van der Waals surface area contributed by atoms with Crippen LogP contribution in [0.25, 0.3) is 0 Å². The second-order valence-corrected chi connectivity index (χ2v) is 6.11. The van der Waals surface area contributed by atoms with E-state index in [1.54, 1.807) is 0 Å². The Labute approximate surface area is 128 Å². The van der Waals surface area contributed by atoms with Crippen LogP contribution in [0.3, 0.4) is 0 Å². The largest absolute Gasteiger partial charge is 0.336 e. The molecule has 114 valence electrons. The Hall–Kier alpha value is -1.61. The molecule has 0 aliphatic carbocycles. The van der Waals surface area contributed by atoms with Gasteiger partial charge in [-0.3, -0.25) is 0 Å². The van der Waals surface area contributed by atoms with Gasteiger partial charge >= 0.3 is 0 Å². The van der Waals surface area contributed by atoms with Crippen LogP contribution in [0.2, 0.25) is 0 Å². The Morgan fingerprint density at radius 3 is 2.52 bits per heavy atom. The van der Waals surface area contributed by atoms with E-state index in [4.69, 9.17) is 0 Å². The second-order valence-electron chi connectivity index (χ2n) is 6.11. The molecule has 0 saturated heterocycles. The molecular formula is C18H27N3. The van der Waals surface area contributed by atoms with E-state index in [0.29, 0.717) is 12.0 Å². The fourth-order valence-electron chi connectivity index (χ4n) is 2.57. The Balaban J connectivity index is 2.08. The van der Waals surface area contributed by atoms with E-state index < -0.39 is 0 Å². The van der Waals surface area contributed by atoms with Crippen molar-refractivity contribution in [3.8, 4) is 0 Å². The highest BCUT2D eigenvalue weighted by molar-refractivity contribution is 5.25. The lowest BCUT2D eigenvalue weighted by molar-refractivity contribution is 0.463. The predicted molar refractivity (Wildman–Crippen MR) is 88.2 cm³/mol. The molecule has 0 amide bonds. The summed E-state index contributed by atoms with van der Waals surface area (Å²) in [6.45, 7) is 8.68. The molecule has 2 aromatic rings. The molecule has 3 nitrogen and oxygen atoms in total. The van der Waals surface area contributed by atoms with Gasteiger partial charge in [0.15, 0.2) is 0 Å². The minimum absolute atomic E-state index is 0.340. The number of aromatic nitrogens is 2. The van der Waals surface area contributed by atoms with Gasteiger partial charge in [-0.25, -0.2) is 4.98 Å². The van der Waals surface area contributed by atoms with Gasteiger partial charge in [-0.15, -0.1) is 0 Å². The van der Waals surface area contributed by atoms with E-state index in [9.17, 15) is 0 Å². The van der Waals surface area contributed by atoms with Crippen LogP contribution in [0.1, 0.15) is 44.4 Å². The SMILES string of the molecule is CCCNC(Cn1ccnc1)c1ccc(CC(C)C)cc1. The molecule has 1 N–H and O–H groups in total. The minimum atomic E-state index is 0.340. The average Bonchev–Trinajstić information content (AvgIpc) is 2.97. The first-order valence-corrected chi connectivity index (χ1v) is 7.97. The van der Waals surface area contributed by atoms with Crippen molar-refractivity contribution in [1.29, 1.82) is 0 Å². The number of benzene rings is 1. The van der Waals surface area contributed by atoms with E-state index in [-0.39, 0.29) is 0 Å². The fourth-order valence-corrected chi connectivity index (χ4v) is 2.57. The standard InChI is InChI=1S/C18H27N3/c1-4-9-20-18(13-21-11-10-19-14-21)17-7-5-16(6-8-17)12-15(2)3/h5-8,10-11,14-15,18,20H,4,9,12-13H2,1-3H3. The van der Waals surface area contributed by atoms with E-state index in [1.807, 2.05) is 18.7 Å². The first kappa shape index (κ1) is 15.8. The smallest absolute Gasteiger partial charge is 0.0946 e. The molecule has 0 bridgehead atoms. The Morgan fingerprint density at radius 2 is 1.95 bits per heavy atom. The van der Waals surface area contributed by atoms with E-state index in [2.05, 4.69) is 59.9 Å². The van der Waals surface area contributed by atoms with Gasteiger partial charge < -0.3 is 9.88 Å². The van der Waals surface area contributed by atoms with Crippen LogP contribution < -0.4 is 5.32 Å². The number of imidazole rings is 1. The summed E-state index contributed by atoms with van der Waals surface area (Å²) in [6, 6.07) is 9.41. The first-order valence-electron chi connectivity index (χ1n) is 7.97. The number of rotatable bonds is 8. The molecule has 1 unspecified atom stereocenters. The summed E-state index contributed by atoms with van der Waals surface area (Å²) in [4.78, 5) is 4.13. The number of hydrogen-bond acceptors (Lipinski definition) is 2. The summed E-state index contributed by atoms with van der Waals surface area (Å²) in [5.74, 6) is 0.704. The summed E-state index contributed by atoms with van der Waals surface area (Å²) < 4.78 is 2.13. The Bertz CT molecular complexity index is 500. The third kappa shape index (κ3) is 5.01. The van der Waals surface area contributed by atoms with Crippen LogP contribution in [0.15, 0.2) is 43.0 Å². The summed E-state index contributed by atoms with van der Waals surface area (Å²) in [6.07, 6.45) is 8.03. The number of nitrogens with zero attached hydrogens (tertiary/aromatic N) is 2. The van der Waals surface area contributed by atoms with Gasteiger partial charge in [0, 0.05) is 18.9 Å². The number of nitrogens with one attached hydrogen (secondary N) is 1. The van der Waals surface area contributed by atoms with Gasteiger partial charge in [0.1, 0.15) is 0 Å². The summed E-state index contributed by atoms with van der Waals surface area (Å²) in [7, 11) is 0. The van der Waals surface area contributed by atoms with Crippen molar-refractivity contribution in [2.75, 3.05) is 6.54 Å². The quantitative estimate of drug-likeness (QED) is 0.799. The van der Waals surface area contributed by atoms with Crippen molar-refractivity contribution >= 4 is 0 Å². The van der Waals surface area contributed by atoms with E-state index in [0.717, 1.165) is 25.9 Å². The third-order valence-corrected chi connectivity index (χ3v) is 3.62. The summed E-state index contributed by atoms with van der Waals surface area (Å²) in [5, 5.41) is 3.64. The van der Waals surface area contributed by atoms with E-state index in [1.165, 1.54) is 11.1 Å². The number of hydrogen-bond donors (Lipinski definition) is 1. The zero-order chi connectivity index (χ0) is 15.1. The molecule has 0 saturated carbocycles. The molecule has 1 aromatic heterocycles. The lowest BCUT2D eigenvalue weighted by atomic mass is 9.99. The van der Waals surface area contributed by atoms with Gasteiger partial charge in [0.2, 0.25) is 0 Å². The molecule has 0 spiro atoms. The minimum Gasteiger partial charge on any atom is -0.336 e. The van der Waals surface area contributed by atoms with Crippen LogP contribution in [0.5, 0.6) is 0 Å². The summed E-state index contributed by atoms with van der Waals surface area (Å²) in [5.41, 5.74) is 2.77. The molecule has 1 aromatic carbocycles. The van der Waals surface area contributed by atoms with Crippen LogP contribution in [-0.2, 0) is 13.0 Å². The zero-order valence-corrected chi connectivity index (χ0v) is 13.4. The van der Waals surface area contributed by atoms with Gasteiger partial charge in [0.25, 0.3) is 0 Å². The molecule has 21 heavy (non-hydrogen) atoms. The Morgan fingerprint density at radius 1 is 1.19 bits per heavy atom. The van der Waals surface area contributed by atoms with Gasteiger partial charge in [-0.05, 0) is 36.4 Å². The van der Waals surface area contributed by atoms with E-state index >= 15 is 0 Å². The zero-order valence-electron chi connectivity index (χ0n) is 13.4. The average molecular weight is 285 g/mol. The lowest BCUT2D eigenvalue weighted by Gasteiger charge is -2.20. The molecule has 0 aliphatic rings. The Kier molecular flexibility index (Phi) is 6.00. The van der Waals surface area contributed by atoms with Gasteiger partial charge in [0.05, 0.1) is 12.4 Å². The maximum absolute atomic E-state index is 4.13. The van der Waals surface area contributed by atoms with Crippen molar-refractivity contribution in [3.63, 3.8) is 0 Å². The van der Waals surface area contributed by atoms with Crippen LogP contribution >= 0.6 is 0 Å². The van der Waals surface area contributed by atoms with Crippen LogP contribution in [0, 0.1) is 5.92 Å². The highest BCUT2D eigenvalue weighted by Gasteiger charge is 2.11. The van der Waals surface area contributed by atoms with Crippen molar-refractivity contribution in [2.45, 2.75) is 46.2 Å². The normalized spacial score (nSPS) is 12.8. The second kappa shape index (κ2) is 7.99. The molecule has 1 heterocycles. The van der Waals surface area contributed by atoms with Crippen molar-refractivity contribution < 1.29 is 0 Å². The first-order chi connectivity index (χ1) is 10.2. The predicted octanol–water partition coefficient (Wildman–Crippen LogP) is 3.82. The molecule has 2 rings (SSSR count). The maximum atomic E-state index is 4.13. The maximum Gasteiger partial charge on any atom is 0.0946 e. The lowest BCUT2D eigenvalue weighted by Crippen LogP contribution is -2.26. The van der Waals surface area contributed by atoms with Crippen LogP contribution in [0.4, 0.5) is 0 Å².